The first-order chi connectivity index (χ1) is 14.8. The van der Waals surface area contributed by atoms with Crippen LogP contribution < -0.4 is 4.74 Å². The fourth-order valence-electron chi connectivity index (χ4n) is 4.23. The summed E-state index contributed by atoms with van der Waals surface area (Å²) in [6.07, 6.45) is 0.589. The summed E-state index contributed by atoms with van der Waals surface area (Å²) in [4.78, 5) is 30.3. The minimum absolute atomic E-state index is 0.144. The van der Waals surface area contributed by atoms with Crippen LogP contribution in [0.2, 0.25) is 0 Å². The number of carbonyl (C=O) groups excluding carboxylic acids is 1. The Morgan fingerprint density at radius 1 is 1.23 bits per heavy atom. The number of para-hydroxylation sites is 1. The van der Waals surface area contributed by atoms with Crippen molar-refractivity contribution in [3.63, 3.8) is 0 Å². The second kappa shape index (κ2) is 8.02. The number of benzene rings is 2. The topological polar surface area (TPSA) is 79.7 Å². The molecule has 0 saturated carbocycles. The lowest BCUT2D eigenvalue weighted by Crippen LogP contribution is -2.44. The number of hydrogen-bond acceptors (Lipinski definition) is 4. The maximum absolute atomic E-state index is 13.0. The third-order valence-corrected chi connectivity index (χ3v) is 6.23. The zero-order chi connectivity index (χ0) is 22.2. The molecule has 1 unspecified atom stereocenters. The van der Waals surface area contributed by atoms with Crippen molar-refractivity contribution in [3.05, 3.63) is 71.4 Å². The first-order valence-electron chi connectivity index (χ1n) is 10.4. The van der Waals surface area contributed by atoms with Gasteiger partial charge in [0.15, 0.2) is 0 Å². The SMILES string of the molecule is Cc1cc(COc2ccc(C3(C)CCN([C@H](C)C(=O)O)C3=O)cc2)c2ccccc2n1. The van der Waals surface area contributed by atoms with Crippen LogP contribution in [0.25, 0.3) is 10.9 Å². The van der Waals surface area contributed by atoms with E-state index in [0.717, 1.165) is 27.7 Å². The van der Waals surface area contributed by atoms with Crippen LogP contribution in [0, 0.1) is 6.92 Å². The lowest BCUT2D eigenvalue weighted by molar-refractivity contribution is -0.148. The molecule has 3 aromatic rings. The van der Waals surface area contributed by atoms with Crippen LogP contribution in [0.4, 0.5) is 0 Å². The monoisotopic (exact) mass is 418 g/mol. The molecule has 2 aromatic carbocycles. The number of fused-ring (bicyclic) bond motifs is 1. The van der Waals surface area contributed by atoms with E-state index >= 15 is 0 Å². The quantitative estimate of drug-likeness (QED) is 0.652. The Bertz CT molecular complexity index is 1140. The van der Waals surface area contributed by atoms with Crippen molar-refractivity contribution in [2.75, 3.05) is 6.54 Å². The summed E-state index contributed by atoms with van der Waals surface area (Å²) in [5.41, 5.74) is 3.11. The number of pyridine rings is 1. The number of amides is 1. The molecule has 1 fully saturated rings. The highest BCUT2D eigenvalue weighted by Gasteiger charge is 2.46. The maximum Gasteiger partial charge on any atom is 0.326 e. The minimum Gasteiger partial charge on any atom is -0.489 e. The summed E-state index contributed by atoms with van der Waals surface area (Å²) in [5, 5.41) is 10.3. The number of carboxylic acid groups (broad SMARTS) is 1. The Morgan fingerprint density at radius 3 is 2.65 bits per heavy atom. The maximum atomic E-state index is 13.0. The molecular weight excluding hydrogens is 392 g/mol. The number of nitrogens with zero attached hydrogens (tertiary/aromatic N) is 2. The molecule has 0 radical (unpaired) electrons. The lowest BCUT2D eigenvalue weighted by atomic mass is 9.81. The van der Waals surface area contributed by atoms with E-state index in [-0.39, 0.29) is 5.91 Å². The number of aromatic nitrogens is 1. The van der Waals surface area contributed by atoms with Crippen LogP contribution in [-0.4, -0.2) is 39.5 Å². The van der Waals surface area contributed by atoms with Gasteiger partial charge in [-0.25, -0.2) is 4.79 Å². The molecule has 1 N–H and O–H groups in total. The van der Waals surface area contributed by atoms with E-state index in [0.29, 0.717) is 25.3 Å². The standard InChI is InChI=1S/C25H26N2O4/c1-16-14-18(21-6-4-5-7-22(21)26-16)15-31-20-10-8-19(9-11-20)25(3)12-13-27(24(25)30)17(2)23(28)29/h4-11,14,17H,12-13,15H2,1-3H3,(H,28,29)/t17-,25?/m1/s1. The number of aryl methyl sites for hydroxylation is 1. The summed E-state index contributed by atoms with van der Waals surface area (Å²) in [6, 6.07) is 16.8. The average Bonchev–Trinajstić information content (AvgIpc) is 3.07. The van der Waals surface area contributed by atoms with Crippen molar-refractivity contribution in [1.29, 1.82) is 0 Å². The molecule has 1 aromatic heterocycles. The van der Waals surface area contributed by atoms with Crippen molar-refractivity contribution in [1.82, 2.24) is 9.88 Å². The number of rotatable bonds is 6. The van der Waals surface area contributed by atoms with Crippen molar-refractivity contribution in [2.24, 2.45) is 0 Å². The van der Waals surface area contributed by atoms with Crippen LogP contribution >= 0.6 is 0 Å². The predicted octanol–water partition coefficient (Wildman–Crippen LogP) is 4.09. The Morgan fingerprint density at radius 2 is 1.94 bits per heavy atom. The molecule has 1 aliphatic rings. The molecule has 160 valence electrons. The molecule has 1 aliphatic heterocycles. The van der Waals surface area contributed by atoms with Crippen molar-refractivity contribution >= 4 is 22.8 Å². The third-order valence-electron chi connectivity index (χ3n) is 6.23. The van der Waals surface area contributed by atoms with Crippen molar-refractivity contribution < 1.29 is 19.4 Å². The molecule has 31 heavy (non-hydrogen) atoms. The van der Waals surface area contributed by atoms with E-state index in [9.17, 15) is 14.7 Å². The summed E-state index contributed by atoms with van der Waals surface area (Å²) >= 11 is 0. The summed E-state index contributed by atoms with van der Waals surface area (Å²) < 4.78 is 6.02. The molecule has 0 spiro atoms. The van der Waals surface area contributed by atoms with Crippen molar-refractivity contribution in [3.8, 4) is 5.75 Å². The van der Waals surface area contributed by atoms with Crippen LogP contribution in [-0.2, 0) is 21.6 Å². The van der Waals surface area contributed by atoms with Crippen molar-refractivity contribution in [2.45, 2.75) is 45.3 Å². The van der Waals surface area contributed by atoms with E-state index < -0.39 is 17.4 Å². The van der Waals surface area contributed by atoms with Crippen LogP contribution in [0.5, 0.6) is 5.75 Å². The normalized spacial score (nSPS) is 19.6. The van der Waals surface area contributed by atoms with Gasteiger partial charge in [0.05, 0.1) is 10.9 Å². The van der Waals surface area contributed by atoms with Gasteiger partial charge in [0.1, 0.15) is 18.4 Å². The molecule has 2 heterocycles. The lowest BCUT2D eigenvalue weighted by Gasteiger charge is -2.26. The fraction of sp³-hybridized carbons (Fsp3) is 0.320. The molecular formula is C25H26N2O4. The van der Waals surface area contributed by atoms with Gasteiger partial charge in [-0.1, -0.05) is 30.3 Å². The average molecular weight is 418 g/mol. The predicted molar refractivity (Wildman–Crippen MR) is 118 cm³/mol. The molecule has 2 atom stereocenters. The van der Waals surface area contributed by atoms with Gasteiger partial charge in [0.25, 0.3) is 0 Å². The Kier molecular flexibility index (Phi) is 5.39. The largest absolute Gasteiger partial charge is 0.489 e. The fourth-order valence-corrected chi connectivity index (χ4v) is 4.23. The van der Waals surface area contributed by atoms with Gasteiger partial charge in [-0.3, -0.25) is 9.78 Å². The van der Waals surface area contributed by atoms with Gasteiger partial charge < -0.3 is 14.7 Å². The van der Waals surface area contributed by atoms with E-state index in [1.807, 2.05) is 68.4 Å². The number of carboxylic acids is 1. The van der Waals surface area contributed by atoms with Crippen LogP contribution in [0.3, 0.4) is 0 Å². The number of carbonyl (C=O) groups is 2. The van der Waals surface area contributed by atoms with Gasteiger partial charge in [-0.15, -0.1) is 0 Å². The van der Waals surface area contributed by atoms with Crippen LogP contribution in [0.1, 0.15) is 37.1 Å². The van der Waals surface area contributed by atoms with Gasteiger partial charge in [0, 0.05) is 23.2 Å². The van der Waals surface area contributed by atoms with Gasteiger partial charge in [-0.2, -0.15) is 0 Å². The molecule has 0 bridgehead atoms. The first-order valence-corrected chi connectivity index (χ1v) is 10.4. The number of hydrogen-bond donors (Lipinski definition) is 1. The number of ether oxygens (including phenoxy) is 1. The second-order valence-corrected chi connectivity index (χ2v) is 8.35. The Balaban J connectivity index is 1.50. The Hall–Kier alpha value is -3.41. The van der Waals surface area contributed by atoms with E-state index in [4.69, 9.17) is 4.74 Å². The Labute approximate surface area is 181 Å². The highest BCUT2D eigenvalue weighted by Crippen LogP contribution is 2.37. The highest BCUT2D eigenvalue weighted by molar-refractivity contribution is 5.93. The summed E-state index contributed by atoms with van der Waals surface area (Å²) in [6.45, 7) is 6.26. The zero-order valence-corrected chi connectivity index (χ0v) is 18.0. The third kappa shape index (κ3) is 3.85. The van der Waals surface area contributed by atoms with Crippen LogP contribution in [0.15, 0.2) is 54.6 Å². The summed E-state index contributed by atoms with van der Waals surface area (Å²) in [5.74, 6) is -0.415. The molecule has 6 heteroatoms. The molecule has 0 aliphatic carbocycles. The van der Waals surface area contributed by atoms with E-state index in [1.54, 1.807) is 6.92 Å². The zero-order valence-electron chi connectivity index (χ0n) is 18.0. The molecule has 6 nitrogen and oxygen atoms in total. The first kappa shape index (κ1) is 20.8. The minimum atomic E-state index is -0.986. The van der Waals surface area contributed by atoms with Gasteiger partial charge in [-0.05, 0) is 57.0 Å². The van der Waals surface area contributed by atoms with Gasteiger partial charge in [0.2, 0.25) is 5.91 Å². The van der Waals surface area contributed by atoms with E-state index in [2.05, 4.69) is 4.98 Å². The summed E-state index contributed by atoms with van der Waals surface area (Å²) in [7, 11) is 0. The molecule has 4 rings (SSSR count). The smallest absolute Gasteiger partial charge is 0.326 e. The number of aliphatic carboxylic acids is 1. The highest BCUT2D eigenvalue weighted by atomic mass is 16.5. The molecule has 1 amide bonds. The second-order valence-electron chi connectivity index (χ2n) is 8.35. The number of likely N-dealkylation sites (tertiary alicyclic amines) is 1. The van der Waals surface area contributed by atoms with E-state index in [1.165, 1.54) is 4.90 Å². The van der Waals surface area contributed by atoms with Gasteiger partial charge >= 0.3 is 5.97 Å². The molecule has 1 saturated heterocycles.